The number of carbonyl (C=O) groups excluding carboxylic acids is 1. The molecule has 7 nitrogen and oxygen atoms in total. The van der Waals surface area contributed by atoms with Crippen molar-refractivity contribution in [2.45, 2.75) is 39.8 Å². The molecule has 0 unspecified atom stereocenters. The molecule has 100 valence electrons. The van der Waals surface area contributed by atoms with Crippen molar-refractivity contribution >= 4 is 17.9 Å². The number of anilines is 1. The maximum Gasteiger partial charge on any atom is 0.413 e. The van der Waals surface area contributed by atoms with Gasteiger partial charge in [-0.25, -0.2) is 9.59 Å². The highest BCUT2D eigenvalue weighted by molar-refractivity contribution is 5.97. The predicted molar refractivity (Wildman–Crippen MR) is 64.7 cm³/mol. The summed E-state index contributed by atoms with van der Waals surface area (Å²) in [4.78, 5) is 22.5. The molecule has 0 aliphatic rings. The Hall–Kier alpha value is -2.05. The van der Waals surface area contributed by atoms with Crippen molar-refractivity contribution in [2.75, 3.05) is 5.32 Å². The Morgan fingerprint density at radius 2 is 2.11 bits per heavy atom. The van der Waals surface area contributed by atoms with Gasteiger partial charge in [-0.1, -0.05) is 0 Å². The number of ether oxygens (including phenoxy) is 1. The summed E-state index contributed by atoms with van der Waals surface area (Å²) < 4.78 is 6.45. The fourth-order valence-electron chi connectivity index (χ4n) is 1.23. The van der Waals surface area contributed by atoms with Gasteiger partial charge in [-0.05, 0) is 27.7 Å². The van der Waals surface area contributed by atoms with Crippen molar-refractivity contribution in [1.82, 2.24) is 9.78 Å². The van der Waals surface area contributed by atoms with Crippen LogP contribution in [0.4, 0.5) is 10.6 Å². The Labute approximate surface area is 105 Å². The van der Waals surface area contributed by atoms with Gasteiger partial charge < -0.3 is 9.84 Å². The monoisotopic (exact) mass is 255 g/mol. The van der Waals surface area contributed by atoms with Crippen molar-refractivity contribution in [2.24, 2.45) is 0 Å². The second kappa shape index (κ2) is 5.07. The second-order valence-electron chi connectivity index (χ2n) is 4.68. The van der Waals surface area contributed by atoms with Crippen LogP contribution in [0.3, 0.4) is 0 Å². The Kier molecular flexibility index (Phi) is 3.95. The molecule has 1 rings (SSSR count). The molecule has 0 aliphatic heterocycles. The minimum Gasteiger partial charge on any atom is -0.477 e. The lowest BCUT2D eigenvalue weighted by molar-refractivity contribution is 0.0635. The molecule has 1 amide bonds. The number of rotatable bonds is 3. The van der Waals surface area contributed by atoms with Gasteiger partial charge in [-0.2, -0.15) is 5.10 Å². The SMILES string of the molecule is CCn1cc(C(=O)O)c(NC(=O)OC(C)(C)C)n1. The Morgan fingerprint density at radius 1 is 1.50 bits per heavy atom. The molecule has 0 bridgehead atoms. The molecule has 0 saturated heterocycles. The van der Waals surface area contributed by atoms with E-state index in [1.807, 2.05) is 6.92 Å². The van der Waals surface area contributed by atoms with Gasteiger partial charge in [0, 0.05) is 12.7 Å². The molecule has 0 aliphatic carbocycles. The second-order valence-corrected chi connectivity index (χ2v) is 4.68. The first-order valence-corrected chi connectivity index (χ1v) is 5.53. The molecule has 0 spiro atoms. The zero-order chi connectivity index (χ0) is 13.9. The van der Waals surface area contributed by atoms with Crippen LogP contribution in [-0.4, -0.2) is 32.6 Å². The van der Waals surface area contributed by atoms with E-state index in [0.29, 0.717) is 6.54 Å². The average Bonchev–Trinajstić information content (AvgIpc) is 2.57. The highest BCUT2D eigenvalue weighted by Gasteiger charge is 2.21. The lowest BCUT2D eigenvalue weighted by Crippen LogP contribution is -2.27. The summed E-state index contributed by atoms with van der Waals surface area (Å²) in [5.74, 6) is -1.17. The van der Waals surface area contributed by atoms with Crippen LogP contribution in [0.25, 0.3) is 0 Å². The number of hydrogen-bond acceptors (Lipinski definition) is 4. The zero-order valence-electron chi connectivity index (χ0n) is 10.9. The van der Waals surface area contributed by atoms with Gasteiger partial charge in [0.2, 0.25) is 0 Å². The summed E-state index contributed by atoms with van der Waals surface area (Å²) >= 11 is 0. The fourth-order valence-corrected chi connectivity index (χ4v) is 1.23. The molecule has 0 radical (unpaired) electrons. The van der Waals surface area contributed by atoms with Crippen molar-refractivity contribution in [1.29, 1.82) is 0 Å². The van der Waals surface area contributed by atoms with E-state index in [4.69, 9.17) is 9.84 Å². The maximum absolute atomic E-state index is 11.5. The molecule has 1 heterocycles. The van der Waals surface area contributed by atoms with Crippen LogP contribution in [0.5, 0.6) is 0 Å². The fraction of sp³-hybridized carbons (Fsp3) is 0.545. The Bertz CT molecular complexity index is 459. The third-order valence-electron chi connectivity index (χ3n) is 1.94. The summed E-state index contributed by atoms with van der Waals surface area (Å²) in [6, 6.07) is 0. The third kappa shape index (κ3) is 3.76. The lowest BCUT2D eigenvalue weighted by atomic mass is 10.2. The van der Waals surface area contributed by atoms with Crippen LogP contribution in [0.1, 0.15) is 38.1 Å². The van der Waals surface area contributed by atoms with E-state index in [2.05, 4.69) is 10.4 Å². The van der Waals surface area contributed by atoms with Crippen molar-refractivity contribution < 1.29 is 19.4 Å². The Morgan fingerprint density at radius 3 is 2.56 bits per heavy atom. The number of carboxylic acid groups (broad SMARTS) is 1. The van der Waals surface area contributed by atoms with Crippen LogP contribution in [0.15, 0.2) is 6.20 Å². The largest absolute Gasteiger partial charge is 0.477 e. The van der Waals surface area contributed by atoms with E-state index in [-0.39, 0.29) is 11.4 Å². The molecule has 0 saturated carbocycles. The van der Waals surface area contributed by atoms with E-state index in [9.17, 15) is 9.59 Å². The summed E-state index contributed by atoms with van der Waals surface area (Å²) in [6.45, 7) is 7.48. The quantitative estimate of drug-likeness (QED) is 0.860. The molecule has 1 aromatic heterocycles. The molecule has 2 N–H and O–H groups in total. The highest BCUT2D eigenvalue weighted by Crippen LogP contribution is 2.15. The minimum atomic E-state index is -1.15. The average molecular weight is 255 g/mol. The smallest absolute Gasteiger partial charge is 0.413 e. The molecule has 18 heavy (non-hydrogen) atoms. The number of amides is 1. The van der Waals surface area contributed by atoms with Crippen LogP contribution >= 0.6 is 0 Å². The van der Waals surface area contributed by atoms with E-state index in [1.54, 1.807) is 20.8 Å². The van der Waals surface area contributed by atoms with Crippen LogP contribution < -0.4 is 5.32 Å². The molecule has 0 atom stereocenters. The standard InChI is InChI=1S/C11H17N3O4/c1-5-14-6-7(9(15)16)8(13-14)12-10(17)18-11(2,3)4/h6H,5H2,1-4H3,(H,15,16)(H,12,13,17). The van der Waals surface area contributed by atoms with Crippen LogP contribution in [0.2, 0.25) is 0 Å². The number of aryl methyl sites for hydroxylation is 1. The van der Waals surface area contributed by atoms with Gasteiger partial charge in [0.15, 0.2) is 5.82 Å². The molecule has 0 aromatic carbocycles. The number of nitrogens with zero attached hydrogens (tertiary/aromatic N) is 2. The van der Waals surface area contributed by atoms with Crippen molar-refractivity contribution in [3.05, 3.63) is 11.8 Å². The summed E-state index contributed by atoms with van der Waals surface area (Å²) in [6.07, 6.45) is 0.626. The number of carbonyl (C=O) groups is 2. The van der Waals surface area contributed by atoms with Crippen LogP contribution in [-0.2, 0) is 11.3 Å². The normalized spacial score (nSPS) is 11.1. The van der Waals surface area contributed by atoms with Gasteiger partial charge in [0.1, 0.15) is 11.2 Å². The first-order chi connectivity index (χ1) is 8.23. The minimum absolute atomic E-state index is 0.0152. The molecule has 0 fully saturated rings. The number of aromatic carboxylic acids is 1. The zero-order valence-corrected chi connectivity index (χ0v) is 10.9. The van der Waals surface area contributed by atoms with E-state index in [0.717, 1.165) is 0 Å². The summed E-state index contributed by atoms with van der Waals surface area (Å²) in [7, 11) is 0. The predicted octanol–water partition coefficient (Wildman–Crippen LogP) is 1.95. The molecular weight excluding hydrogens is 238 g/mol. The lowest BCUT2D eigenvalue weighted by Gasteiger charge is -2.19. The first-order valence-electron chi connectivity index (χ1n) is 5.53. The summed E-state index contributed by atoms with van der Waals surface area (Å²) in [5.41, 5.74) is -0.719. The highest BCUT2D eigenvalue weighted by atomic mass is 16.6. The Balaban J connectivity index is 2.86. The summed E-state index contributed by atoms with van der Waals surface area (Å²) in [5, 5.41) is 15.2. The van der Waals surface area contributed by atoms with Gasteiger partial charge in [-0.15, -0.1) is 0 Å². The topological polar surface area (TPSA) is 93.5 Å². The molecule has 1 aromatic rings. The van der Waals surface area contributed by atoms with Gasteiger partial charge >= 0.3 is 12.1 Å². The van der Waals surface area contributed by atoms with Crippen molar-refractivity contribution in [3.8, 4) is 0 Å². The molecular formula is C11H17N3O4. The number of hydrogen-bond donors (Lipinski definition) is 2. The van der Waals surface area contributed by atoms with Crippen molar-refractivity contribution in [3.63, 3.8) is 0 Å². The van der Waals surface area contributed by atoms with Gasteiger partial charge in [-0.3, -0.25) is 10.00 Å². The van der Waals surface area contributed by atoms with E-state index < -0.39 is 17.7 Å². The third-order valence-corrected chi connectivity index (χ3v) is 1.94. The first kappa shape index (κ1) is 14.0. The van der Waals surface area contributed by atoms with E-state index >= 15 is 0 Å². The number of carboxylic acids is 1. The number of nitrogens with one attached hydrogen (secondary N) is 1. The maximum atomic E-state index is 11.5. The number of aromatic nitrogens is 2. The van der Waals surface area contributed by atoms with E-state index in [1.165, 1.54) is 10.9 Å². The van der Waals surface area contributed by atoms with Gasteiger partial charge in [0.25, 0.3) is 0 Å². The van der Waals surface area contributed by atoms with Gasteiger partial charge in [0.05, 0.1) is 0 Å². The molecule has 7 heteroatoms. The van der Waals surface area contributed by atoms with Crippen LogP contribution in [0, 0.1) is 0 Å².